The van der Waals surface area contributed by atoms with Crippen LogP contribution in [0.2, 0.25) is 0 Å². The maximum absolute atomic E-state index is 13.1. The van der Waals surface area contributed by atoms with Gasteiger partial charge in [-0.2, -0.15) is 0 Å². The molecule has 1 N–H and O–H groups in total. The van der Waals surface area contributed by atoms with Gasteiger partial charge in [0.1, 0.15) is 5.82 Å². The number of nitrogens with one attached hydrogen (secondary N) is 1. The van der Waals surface area contributed by atoms with Gasteiger partial charge in [-0.25, -0.2) is 4.39 Å². The van der Waals surface area contributed by atoms with E-state index in [-0.39, 0.29) is 5.82 Å². The van der Waals surface area contributed by atoms with Crippen molar-refractivity contribution in [3.63, 3.8) is 0 Å². The molecule has 0 saturated heterocycles. The highest BCUT2D eigenvalue weighted by atomic mass is 19.1. The molecule has 0 bridgehead atoms. The van der Waals surface area contributed by atoms with Crippen LogP contribution in [-0.4, -0.2) is 19.6 Å². The van der Waals surface area contributed by atoms with E-state index in [0.717, 1.165) is 31.7 Å². The maximum Gasteiger partial charge on any atom is 0.123 e. The summed E-state index contributed by atoms with van der Waals surface area (Å²) < 4.78 is 13.1. The molecule has 2 nitrogen and oxygen atoms in total. The van der Waals surface area contributed by atoms with Crippen LogP contribution in [0.1, 0.15) is 24.8 Å². The first-order valence-corrected chi connectivity index (χ1v) is 7.61. The lowest BCUT2D eigenvalue weighted by atomic mass is 9.90. The fourth-order valence-corrected chi connectivity index (χ4v) is 3.08. The first-order valence-electron chi connectivity index (χ1n) is 7.61. The van der Waals surface area contributed by atoms with E-state index in [9.17, 15) is 4.39 Å². The van der Waals surface area contributed by atoms with Gasteiger partial charge in [-0.1, -0.05) is 18.2 Å². The SMILES string of the molecule is CCN(CC1CCNc2ccccc21)c1ccc(F)cc1. The highest BCUT2D eigenvalue weighted by Crippen LogP contribution is 2.32. The Morgan fingerprint density at radius 2 is 1.90 bits per heavy atom. The topological polar surface area (TPSA) is 15.3 Å². The van der Waals surface area contributed by atoms with Gasteiger partial charge in [-0.3, -0.25) is 0 Å². The number of halogens is 1. The van der Waals surface area contributed by atoms with Crippen LogP contribution in [0.4, 0.5) is 15.8 Å². The van der Waals surface area contributed by atoms with Gasteiger partial charge in [-0.05, 0) is 49.2 Å². The second-order valence-electron chi connectivity index (χ2n) is 5.51. The van der Waals surface area contributed by atoms with Crippen LogP contribution in [0, 0.1) is 5.82 Å². The molecule has 2 aromatic rings. The molecule has 1 atom stereocenters. The van der Waals surface area contributed by atoms with Crippen LogP contribution >= 0.6 is 0 Å². The second-order valence-corrected chi connectivity index (χ2v) is 5.51. The van der Waals surface area contributed by atoms with Gasteiger partial charge in [0.15, 0.2) is 0 Å². The Morgan fingerprint density at radius 1 is 1.14 bits per heavy atom. The van der Waals surface area contributed by atoms with Crippen LogP contribution in [0.5, 0.6) is 0 Å². The van der Waals surface area contributed by atoms with E-state index in [1.165, 1.54) is 23.4 Å². The van der Waals surface area contributed by atoms with E-state index in [2.05, 4.69) is 41.4 Å². The number of hydrogen-bond acceptors (Lipinski definition) is 2. The lowest BCUT2D eigenvalue weighted by molar-refractivity contribution is 0.603. The Labute approximate surface area is 125 Å². The van der Waals surface area contributed by atoms with E-state index in [1.807, 2.05) is 12.1 Å². The lowest BCUT2D eigenvalue weighted by Crippen LogP contribution is -2.31. The van der Waals surface area contributed by atoms with Gasteiger partial charge < -0.3 is 10.2 Å². The van der Waals surface area contributed by atoms with Crippen molar-refractivity contribution in [3.8, 4) is 0 Å². The van der Waals surface area contributed by atoms with Crippen molar-refractivity contribution in [2.75, 3.05) is 29.9 Å². The minimum atomic E-state index is -0.179. The van der Waals surface area contributed by atoms with Crippen LogP contribution in [0.15, 0.2) is 48.5 Å². The Morgan fingerprint density at radius 3 is 2.67 bits per heavy atom. The predicted molar refractivity (Wildman–Crippen MR) is 86.6 cm³/mol. The highest BCUT2D eigenvalue weighted by molar-refractivity contribution is 5.56. The quantitative estimate of drug-likeness (QED) is 0.903. The zero-order chi connectivity index (χ0) is 14.7. The van der Waals surface area contributed by atoms with Gasteiger partial charge in [-0.15, -0.1) is 0 Å². The zero-order valence-corrected chi connectivity index (χ0v) is 12.3. The summed E-state index contributed by atoms with van der Waals surface area (Å²) in [5.74, 6) is 0.342. The molecule has 0 aliphatic carbocycles. The Bertz CT molecular complexity index is 594. The molecule has 1 unspecified atom stereocenters. The minimum Gasteiger partial charge on any atom is -0.385 e. The van der Waals surface area contributed by atoms with E-state index in [1.54, 1.807) is 0 Å². The van der Waals surface area contributed by atoms with Crippen molar-refractivity contribution >= 4 is 11.4 Å². The summed E-state index contributed by atoms with van der Waals surface area (Å²) >= 11 is 0. The molecular formula is C18H21FN2. The molecule has 21 heavy (non-hydrogen) atoms. The van der Waals surface area contributed by atoms with Gasteiger partial charge in [0.05, 0.1) is 0 Å². The van der Waals surface area contributed by atoms with Crippen LogP contribution in [0.25, 0.3) is 0 Å². The van der Waals surface area contributed by atoms with Crippen molar-refractivity contribution in [2.45, 2.75) is 19.3 Å². The van der Waals surface area contributed by atoms with Gasteiger partial charge >= 0.3 is 0 Å². The predicted octanol–water partition coefficient (Wildman–Crippen LogP) is 4.25. The smallest absolute Gasteiger partial charge is 0.123 e. The molecule has 0 amide bonds. The fraction of sp³-hybridized carbons (Fsp3) is 0.333. The van der Waals surface area contributed by atoms with Gasteiger partial charge in [0.25, 0.3) is 0 Å². The summed E-state index contributed by atoms with van der Waals surface area (Å²) in [4.78, 5) is 2.33. The number of fused-ring (bicyclic) bond motifs is 1. The third kappa shape index (κ3) is 3.02. The van der Waals surface area contributed by atoms with Crippen molar-refractivity contribution < 1.29 is 4.39 Å². The standard InChI is InChI=1S/C18H21FN2/c1-2-21(16-9-7-15(19)8-10-16)13-14-11-12-20-18-6-4-3-5-17(14)18/h3-10,14,20H,2,11-13H2,1H3. The third-order valence-electron chi connectivity index (χ3n) is 4.22. The van der Waals surface area contributed by atoms with Crippen molar-refractivity contribution in [1.82, 2.24) is 0 Å². The molecule has 3 heteroatoms. The first-order chi connectivity index (χ1) is 10.3. The number of likely N-dealkylation sites (N-methyl/N-ethyl adjacent to an activating group) is 1. The van der Waals surface area contributed by atoms with E-state index >= 15 is 0 Å². The molecule has 1 aliphatic heterocycles. The molecule has 0 fully saturated rings. The van der Waals surface area contributed by atoms with Gasteiger partial charge in [0, 0.05) is 36.9 Å². The molecule has 110 valence electrons. The Kier molecular flexibility index (Phi) is 4.09. The first kappa shape index (κ1) is 13.9. The summed E-state index contributed by atoms with van der Waals surface area (Å²) in [6.45, 7) is 5.07. The van der Waals surface area contributed by atoms with Crippen molar-refractivity contribution in [1.29, 1.82) is 0 Å². The second kappa shape index (κ2) is 6.17. The monoisotopic (exact) mass is 284 g/mol. The number of anilines is 2. The molecule has 0 radical (unpaired) electrons. The summed E-state index contributed by atoms with van der Waals surface area (Å²) in [5, 5.41) is 3.46. The summed E-state index contributed by atoms with van der Waals surface area (Å²) in [6, 6.07) is 15.3. The average molecular weight is 284 g/mol. The van der Waals surface area contributed by atoms with Crippen LogP contribution in [-0.2, 0) is 0 Å². The molecule has 2 aromatic carbocycles. The normalized spacial score (nSPS) is 17.0. The van der Waals surface area contributed by atoms with E-state index in [0.29, 0.717) is 5.92 Å². The number of para-hydroxylation sites is 1. The highest BCUT2D eigenvalue weighted by Gasteiger charge is 2.21. The lowest BCUT2D eigenvalue weighted by Gasteiger charge is -2.32. The molecule has 0 spiro atoms. The van der Waals surface area contributed by atoms with Crippen LogP contribution < -0.4 is 10.2 Å². The number of rotatable bonds is 4. The van der Waals surface area contributed by atoms with Crippen LogP contribution in [0.3, 0.4) is 0 Å². The van der Waals surface area contributed by atoms with E-state index in [4.69, 9.17) is 0 Å². The Hall–Kier alpha value is -2.03. The van der Waals surface area contributed by atoms with E-state index < -0.39 is 0 Å². The summed E-state index contributed by atoms with van der Waals surface area (Å²) in [7, 11) is 0. The van der Waals surface area contributed by atoms with Crippen molar-refractivity contribution in [3.05, 3.63) is 59.9 Å². The molecule has 1 heterocycles. The average Bonchev–Trinajstić information content (AvgIpc) is 2.54. The number of benzene rings is 2. The summed E-state index contributed by atoms with van der Waals surface area (Å²) in [6.07, 6.45) is 1.13. The maximum atomic E-state index is 13.1. The van der Waals surface area contributed by atoms with Crippen molar-refractivity contribution in [2.24, 2.45) is 0 Å². The Balaban J connectivity index is 1.80. The minimum absolute atomic E-state index is 0.179. The molecule has 0 saturated carbocycles. The molecule has 3 rings (SSSR count). The number of nitrogens with zero attached hydrogens (tertiary/aromatic N) is 1. The molecular weight excluding hydrogens is 263 g/mol. The fourth-order valence-electron chi connectivity index (χ4n) is 3.08. The number of hydrogen-bond donors (Lipinski definition) is 1. The molecule has 0 aromatic heterocycles. The zero-order valence-electron chi connectivity index (χ0n) is 12.3. The summed E-state index contributed by atoms with van der Waals surface area (Å²) in [5.41, 5.74) is 3.74. The van der Waals surface area contributed by atoms with Gasteiger partial charge in [0.2, 0.25) is 0 Å². The molecule has 1 aliphatic rings. The third-order valence-corrected chi connectivity index (χ3v) is 4.22. The largest absolute Gasteiger partial charge is 0.385 e.